The zero-order valence-electron chi connectivity index (χ0n) is 8.65. The third kappa shape index (κ3) is 1.96. The maximum atomic E-state index is 11.5. The zero-order valence-corrected chi connectivity index (χ0v) is 9.47. The molecule has 16 heavy (non-hydrogen) atoms. The van der Waals surface area contributed by atoms with Crippen LogP contribution in [0.15, 0.2) is 10.8 Å². The molecule has 0 aromatic carbocycles. The molecule has 1 aliphatic rings. The first-order valence-electron chi connectivity index (χ1n) is 4.74. The van der Waals surface area contributed by atoms with Crippen molar-refractivity contribution in [2.45, 2.75) is 19.9 Å². The van der Waals surface area contributed by atoms with Gasteiger partial charge in [0.05, 0.1) is 6.54 Å². The minimum Gasteiger partial charge on any atom is -0.277 e. The highest BCUT2D eigenvalue weighted by atomic mass is 32.1. The van der Waals surface area contributed by atoms with E-state index in [1.54, 1.807) is 0 Å². The second-order valence-electron chi connectivity index (χ2n) is 3.59. The third-order valence-corrected chi connectivity index (χ3v) is 3.30. The summed E-state index contributed by atoms with van der Waals surface area (Å²) in [6.45, 7) is 2.15. The quantitative estimate of drug-likeness (QED) is 0.782. The number of carbonyl (C=O) groups is 3. The number of hydrogen-bond acceptors (Lipinski definition) is 4. The topological polar surface area (TPSA) is 66.5 Å². The molecule has 1 fully saturated rings. The number of carbonyl (C=O) groups excluding carboxylic acids is 3. The lowest BCUT2D eigenvalue weighted by Crippen LogP contribution is -2.52. The normalized spacial score (nSPS) is 16.6. The van der Waals surface area contributed by atoms with E-state index < -0.39 is 17.8 Å². The zero-order chi connectivity index (χ0) is 11.7. The van der Waals surface area contributed by atoms with Crippen LogP contribution in [-0.4, -0.2) is 22.7 Å². The minimum atomic E-state index is -0.633. The van der Waals surface area contributed by atoms with Crippen LogP contribution in [-0.2, 0) is 16.1 Å². The van der Waals surface area contributed by atoms with Gasteiger partial charge in [0.15, 0.2) is 0 Å². The van der Waals surface area contributed by atoms with Crippen LogP contribution in [0.4, 0.5) is 4.79 Å². The molecule has 0 aliphatic carbocycles. The van der Waals surface area contributed by atoms with Crippen LogP contribution in [0.25, 0.3) is 0 Å². The van der Waals surface area contributed by atoms with Crippen molar-refractivity contribution in [1.82, 2.24) is 10.2 Å². The van der Waals surface area contributed by atoms with Crippen LogP contribution < -0.4 is 5.32 Å². The third-order valence-electron chi connectivity index (χ3n) is 2.39. The second kappa shape index (κ2) is 4.05. The number of hydrogen-bond donors (Lipinski definition) is 1. The van der Waals surface area contributed by atoms with Gasteiger partial charge in [-0.05, 0) is 28.8 Å². The standard InChI is InChI=1S/C10H10N2O3S/c1-6-4-16-5-7(6)3-12-9(14)2-8(13)11-10(12)15/h4-5H,2-3H2,1H3,(H,11,13,15). The van der Waals surface area contributed by atoms with Gasteiger partial charge in [-0.25, -0.2) is 4.79 Å². The molecule has 5 nitrogen and oxygen atoms in total. The Kier molecular flexibility index (Phi) is 2.74. The fourth-order valence-corrected chi connectivity index (χ4v) is 2.30. The summed E-state index contributed by atoms with van der Waals surface area (Å²) in [5, 5.41) is 5.97. The van der Waals surface area contributed by atoms with Crippen molar-refractivity contribution in [3.05, 3.63) is 21.9 Å². The molecule has 1 N–H and O–H groups in total. The number of nitrogens with one attached hydrogen (secondary N) is 1. The first-order chi connectivity index (χ1) is 7.58. The maximum Gasteiger partial charge on any atom is 0.331 e. The Morgan fingerprint density at radius 3 is 2.69 bits per heavy atom. The highest BCUT2D eigenvalue weighted by molar-refractivity contribution is 7.08. The van der Waals surface area contributed by atoms with Gasteiger partial charge in [-0.3, -0.25) is 19.8 Å². The van der Waals surface area contributed by atoms with E-state index in [4.69, 9.17) is 0 Å². The van der Waals surface area contributed by atoms with Crippen molar-refractivity contribution >= 4 is 29.2 Å². The van der Waals surface area contributed by atoms with Crippen molar-refractivity contribution in [3.8, 4) is 0 Å². The average Bonchev–Trinajstić information content (AvgIpc) is 2.57. The Morgan fingerprint density at radius 2 is 2.12 bits per heavy atom. The number of thiophene rings is 1. The summed E-state index contributed by atoms with van der Waals surface area (Å²) in [5.41, 5.74) is 1.98. The summed E-state index contributed by atoms with van der Waals surface area (Å²) in [5.74, 6) is -0.979. The predicted octanol–water partition coefficient (Wildman–Crippen LogP) is 1.03. The van der Waals surface area contributed by atoms with Crippen LogP contribution in [0.5, 0.6) is 0 Å². The SMILES string of the molecule is Cc1cscc1CN1C(=O)CC(=O)NC1=O. The molecule has 0 atom stereocenters. The van der Waals surface area contributed by atoms with Crippen LogP contribution in [0, 0.1) is 6.92 Å². The average molecular weight is 238 g/mol. The number of urea groups is 1. The smallest absolute Gasteiger partial charge is 0.277 e. The summed E-state index contributed by atoms with van der Waals surface area (Å²) in [4.78, 5) is 34.9. The van der Waals surface area contributed by atoms with Gasteiger partial charge in [-0.15, -0.1) is 0 Å². The predicted molar refractivity (Wildman–Crippen MR) is 57.8 cm³/mol. The molecule has 2 rings (SSSR count). The Morgan fingerprint density at radius 1 is 1.38 bits per heavy atom. The van der Waals surface area contributed by atoms with Crippen molar-refractivity contribution < 1.29 is 14.4 Å². The lowest BCUT2D eigenvalue weighted by molar-refractivity contribution is -0.136. The summed E-state index contributed by atoms with van der Waals surface area (Å²) in [6.07, 6.45) is -0.255. The summed E-state index contributed by atoms with van der Waals surface area (Å²) in [6, 6.07) is -0.633. The maximum absolute atomic E-state index is 11.5. The van der Waals surface area contributed by atoms with Crippen LogP contribution in [0.2, 0.25) is 0 Å². The second-order valence-corrected chi connectivity index (χ2v) is 4.33. The molecule has 0 unspecified atom stereocenters. The van der Waals surface area contributed by atoms with Crippen molar-refractivity contribution in [3.63, 3.8) is 0 Å². The summed E-state index contributed by atoms with van der Waals surface area (Å²) >= 11 is 1.52. The Labute approximate surface area is 96.0 Å². The molecule has 2 heterocycles. The number of nitrogens with zero attached hydrogens (tertiary/aromatic N) is 1. The van der Waals surface area contributed by atoms with E-state index in [1.165, 1.54) is 11.3 Å². The molecule has 1 aliphatic heterocycles. The van der Waals surface area contributed by atoms with Gasteiger partial charge in [0.25, 0.3) is 0 Å². The first-order valence-corrected chi connectivity index (χ1v) is 5.68. The Hall–Kier alpha value is -1.69. The van der Waals surface area contributed by atoms with E-state index in [1.807, 2.05) is 17.7 Å². The fourth-order valence-electron chi connectivity index (χ4n) is 1.46. The van der Waals surface area contributed by atoms with E-state index in [0.717, 1.165) is 16.0 Å². The van der Waals surface area contributed by atoms with E-state index in [-0.39, 0.29) is 13.0 Å². The lowest BCUT2D eigenvalue weighted by atomic mass is 10.2. The molecule has 1 aromatic rings. The molecular weight excluding hydrogens is 228 g/mol. The molecule has 0 bridgehead atoms. The first kappa shape index (κ1) is 10.8. The van der Waals surface area contributed by atoms with Gasteiger partial charge in [0.2, 0.25) is 11.8 Å². The minimum absolute atomic E-state index is 0.229. The van der Waals surface area contributed by atoms with E-state index in [0.29, 0.717) is 0 Å². The summed E-state index contributed by atoms with van der Waals surface area (Å²) in [7, 11) is 0. The molecule has 1 aromatic heterocycles. The van der Waals surface area contributed by atoms with Gasteiger partial charge in [-0.1, -0.05) is 0 Å². The van der Waals surface area contributed by atoms with Crippen molar-refractivity contribution in [2.24, 2.45) is 0 Å². The van der Waals surface area contributed by atoms with Gasteiger partial charge in [0, 0.05) is 0 Å². The molecule has 4 amide bonds. The van der Waals surface area contributed by atoms with E-state index in [9.17, 15) is 14.4 Å². The highest BCUT2D eigenvalue weighted by Gasteiger charge is 2.30. The van der Waals surface area contributed by atoms with E-state index >= 15 is 0 Å². The Balaban J connectivity index is 2.15. The van der Waals surface area contributed by atoms with Crippen LogP contribution in [0.1, 0.15) is 17.5 Å². The number of barbiturate groups is 1. The molecule has 84 valence electrons. The van der Waals surface area contributed by atoms with Crippen LogP contribution >= 0.6 is 11.3 Å². The largest absolute Gasteiger partial charge is 0.331 e. The van der Waals surface area contributed by atoms with Gasteiger partial charge in [0.1, 0.15) is 6.42 Å². The monoisotopic (exact) mass is 238 g/mol. The van der Waals surface area contributed by atoms with Crippen molar-refractivity contribution in [1.29, 1.82) is 0 Å². The van der Waals surface area contributed by atoms with Gasteiger partial charge in [-0.2, -0.15) is 11.3 Å². The molecule has 1 saturated heterocycles. The molecule has 0 radical (unpaired) electrons. The van der Waals surface area contributed by atoms with Crippen LogP contribution in [0.3, 0.4) is 0 Å². The highest BCUT2D eigenvalue weighted by Crippen LogP contribution is 2.17. The van der Waals surface area contributed by atoms with Crippen molar-refractivity contribution in [2.75, 3.05) is 0 Å². The fraction of sp³-hybridized carbons (Fsp3) is 0.300. The number of aryl methyl sites for hydroxylation is 1. The lowest BCUT2D eigenvalue weighted by Gasteiger charge is -2.24. The number of amides is 4. The van der Waals surface area contributed by atoms with Gasteiger partial charge < -0.3 is 0 Å². The molecule has 0 spiro atoms. The number of imide groups is 2. The summed E-state index contributed by atoms with van der Waals surface area (Å²) < 4.78 is 0. The van der Waals surface area contributed by atoms with E-state index in [2.05, 4.69) is 5.32 Å². The Bertz CT molecular complexity index is 446. The van der Waals surface area contributed by atoms with Gasteiger partial charge >= 0.3 is 6.03 Å². The molecule has 0 saturated carbocycles. The molecule has 6 heteroatoms. The number of rotatable bonds is 2. The molecular formula is C10H10N2O3S.